The fourth-order valence-corrected chi connectivity index (χ4v) is 6.78. The second kappa shape index (κ2) is 13.3. The summed E-state index contributed by atoms with van der Waals surface area (Å²) in [4.78, 5) is 33.0. The van der Waals surface area contributed by atoms with Gasteiger partial charge in [0.25, 0.3) is 0 Å². The van der Waals surface area contributed by atoms with Gasteiger partial charge in [0.1, 0.15) is 23.3 Å². The molecular formula is C36H51N5O4. The zero-order chi connectivity index (χ0) is 33.4. The predicted octanol–water partition coefficient (Wildman–Crippen LogP) is 8.08. The molecule has 0 saturated heterocycles. The maximum atomic E-state index is 14.2. The van der Waals surface area contributed by atoms with Crippen molar-refractivity contribution in [3.8, 4) is 23.3 Å². The van der Waals surface area contributed by atoms with Gasteiger partial charge in [0.05, 0.1) is 0 Å². The number of nitrogens with one attached hydrogen (secondary N) is 1. The molecule has 1 fully saturated rings. The number of ether oxygens (including phenoxy) is 2. The second-order valence-electron chi connectivity index (χ2n) is 15.1. The minimum Gasteiger partial charge on any atom is -0.458 e. The van der Waals surface area contributed by atoms with Crippen LogP contribution in [0.15, 0.2) is 24.3 Å². The number of benzene rings is 1. The molecule has 1 N–H and O–H groups in total. The van der Waals surface area contributed by atoms with Crippen molar-refractivity contribution in [1.82, 2.24) is 19.5 Å². The Labute approximate surface area is 268 Å². The number of aromatic nitrogens is 3. The molecule has 3 aromatic rings. The molecule has 45 heavy (non-hydrogen) atoms. The number of carbonyl (C=O) groups is 2. The van der Waals surface area contributed by atoms with Crippen LogP contribution in [-0.2, 0) is 10.2 Å². The van der Waals surface area contributed by atoms with Crippen molar-refractivity contribution in [3.05, 3.63) is 41.0 Å². The number of hydrogen-bond acceptors (Lipinski definition) is 6. The van der Waals surface area contributed by atoms with Gasteiger partial charge >= 0.3 is 12.1 Å². The zero-order valence-corrected chi connectivity index (χ0v) is 28.9. The molecule has 2 atom stereocenters. The lowest BCUT2D eigenvalue weighted by Crippen LogP contribution is -2.45. The van der Waals surface area contributed by atoms with E-state index in [9.17, 15) is 14.9 Å². The van der Waals surface area contributed by atoms with E-state index in [1.54, 1.807) is 14.1 Å². The lowest BCUT2D eigenvalue weighted by Gasteiger charge is -2.45. The summed E-state index contributed by atoms with van der Waals surface area (Å²) in [6, 6.07) is 10.1. The van der Waals surface area contributed by atoms with E-state index in [1.165, 1.54) is 15.0 Å². The smallest absolute Gasteiger partial charge is 0.416 e. The van der Waals surface area contributed by atoms with Gasteiger partial charge in [0, 0.05) is 19.7 Å². The van der Waals surface area contributed by atoms with Crippen LogP contribution in [0, 0.1) is 46.8 Å². The molecule has 2 aromatic heterocycles. The van der Waals surface area contributed by atoms with E-state index in [-0.39, 0.29) is 46.0 Å². The predicted molar refractivity (Wildman–Crippen MR) is 176 cm³/mol. The molecule has 2 unspecified atom stereocenters. The second-order valence-corrected chi connectivity index (χ2v) is 15.1. The average molecular weight is 618 g/mol. The maximum Gasteiger partial charge on any atom is 0.416 e. The number of nitrogens with zero attached hydrogens (tertiary/aromatic N) is 4. The highest BCUT2D eigenvalue weighted by atomic mass is 16.6. The van der Waals surface area contributed by atoms with Gasteiger partial charge in [-0.15, -0.1) is 0 Å². The molecule has 0 aliphatic heterocycles. The van der Waals surface area contributed by atoms with E-state index in [0.717, 1.165) is 24.8 Å². The number of hydrogen-bond donors (Lipinski definition) is 1. The summed E-state index contributed by atoms with van der Waals surface area (Å²) in [6.45, 7) is 19.8. The summed E-state index contributed by atoms with van der Waals surface area (Å²) >= 11 is 0. The van der Waals surface area contributed by atoms with E-state index in [4.69, 9.17) is 14.5 Å². The van der Waals surface area contributed by atoms with Crippen LogP contribution in [0.2, 0.25) is 0 Å². The van der Waals surface area contributed by atoms with Crippen molar-refractivity contribution in [2.24, 2.45) is 35.5 Å². The summed E-state index contributed by atoms with van der Waals surface area (Å²) in [7, 11) is 3.11. The Morgan fingerprint density at radius 1 is 1.04 bits per heavy atom. The van der Waals surface area contributed by atoms with Crippen molar-refractivity contribution in [2.45, 2.75) is 93.1 Å². The monoisotopic (exact) mass is 617 g/mol. The molecule has 1 aliphatic carbocycles. The molecule has 4 rings (SSSR count). The van der Waals surface area contributed by atoms with Crippen molar-refractivity contribution in [3.63, 3.8) is 0 Å². The molecule has 9 nitrogen and oxygen atoms in total. The normalized spacial score (nSPS) is 20.6. The standard InChI is InChI=1S/C36H51N5O4/c1-20(2)16-23-17-26(21(3)4)30(27(18-23)22(5)6)44-34(42)29-28(19-37)33(45-35(43)40(10)11)41-32(29)38-31(39-41)24-12-14-25(15-13-24)36(7,8)9/h12-15,20-23,26-27,30H,16-18H2,1-11H3,(H,38,39). The molecule has 9 heteroatoms. The van der Waals surface area contributed by atoms with Gasteiger partial charge in [0.2, 0.25) is 5.88 Å². The van der Waals surface area contributed by atoms with Crippen LogP contribution in [0.5, 0.6) is 5.88 Å². The maximum absolute atomic E-state index is 14.2. The highest BCUT2D eigenvalue weighted by Gasteiger charge is 2.44. The SMILES string of the molecule is CC(C)CC1CC(C(C)C)C(OC(=O)c2c(C#N)c(OC(=O)N(C)C)n3[nH]c(-c4ccc(C(C)(C)C)cc4)nc23)C(C(C)C)C1. The Hall–Kier alpha value is -3.80. The van der Waals surface area contributed by atoms with Crippen LogP contribution in [0.25, 0.3) is 17.0 Å². The van der Waals surface area contributed by atoms with Crippen LogP contribution in [0.3, 0.4) is 0 Å². The van der Waals surface area contributed by atoms with Gasteiger partial charge in [-0.05, 0) is 65.7 Å². The number of nitriles is 1. The Kier molecular flexibility index (Phi) is 10.1. The minimum atomic E-state index is -0.681. The lowest BCUT2D eigenvalue weighted by atomic mass is 9.64. The number of H-pyrrole nitrogens is 1. The van der Waals surface area contributed by atoms with Crippen molar-refractivity contribution < 1.29 is 19.1 Å². The third kappa shape index (κ3) is 7.21. The number of esters is 1. The van der Waals surface area contributed by atoms with Crippen LogP contribution in [0.4, 0.5) is 4.79 Å². The first-order chi connectivity index (χ1) is 21.0. The van der Waals surface area contributed by atoms with Crippen LogP contribution < -0.4 is 4.74 Å². The average Bonchev–Trinajstić information content (AvgIpc) is 3.50. The molecule has 1 aromatic carbocycles. The molecule has 0 radical (unpaired) electrons. The molecule has 1 saturated carbocycles. The highest BCUT2D eigenvalue weighted by molar-refractivity contribution is 6.01. The van der Waals surface area contributed by atoms with E-state index >= 15 is 0 Å². The summed E-state index contributed by atoms with van der Waals surface area (Å²) < 4.78 is 13.5. The largest absolute Gasteiger partial charge is 0.458 e. The summed E-state index contributed by atoms with van der Waals surface area (Å²) in [5, 5.41) is 13.5. The fourth-order valence-electron chi connectivity index (χ4n) is 6.78. The highest BCUT2D eigenvalue weighted by Crippen LogP contribution is 2.45. The Morgan fingerprint density at radius 2 is 1.62 bits per heavy atom. The first-order valence-electron chi connectivity index (χ1n) is 16.3. The number of amides is 1. The number of fused-ring (bicyclic) bond motifs is 1. The van der Waals surface area contributed by atoms with Gasteiger partial charge in [-0.3, -0.25) is 5.10 Å². The van der Waals surface area contributed by atoms with Gasteiger partial charge in [0.15, 0.2) is 11.5 Å². The van der Waals surface area contributed by atoms with Gasteiger partial charge in [-0.25, -0.2) is 19.1 Å². The van der Waals surface area contributed by atoms with E-state index < -0.39 is 12.1 Å². The van der Waals surface area contributed by atoms with Crippen molar-refractivity contribution in [1.29, 1.82) is 5.26 Å². The van der Waals surface area contributed by atoms with Crippen molar-refractivity contribution >= 4 is 17.7 Å². The Bertz CT molecular complexity index is 1530. The van der Waals surface area contributed by atoms with Gasteiger partial charge in [-0.2, -0.15) is 5.26 Å². The summed E-state index contributed by atoms with van der Waals surface area (Å²) in [6.07, 6.45) is 2.16. The molecule has 0 bridgehead atoms. The third-order valence-electron chi connectivity index (χ3n) is 9.24. The molecule has 244 valence electrons. The number of aromatic amines is 1. The fraction of sp³-hybridized carbons (Fsp3) is 0.611. The molecule has 2 heterocycles. The molecule has 1 amide bonds. The molecule has 1 aliphatic rings. The number of rotatable bonds is 8. The van der Waals surface area contributed by atoms with Gasteiger partial charge < -0.3 is 14.4 Å². The first-order valence-corrected chi connectivity index (χ1v) is 16.3. The Morgan fingerprint density at radius 3 is 2.09 bits per heavy atom. The Balaban J connectivity index is 1.80. The molecular weight excluding hydrogens is 566 g/mol. The van der Waals surface area contributed by atoms with Crippen LogP contribution in [0.1, 0.15) is 103 Å². The van der Waals surface area contributed by atoms with Crippen LogP contribution in [-0.4, -0.2) is 51.8 Å². The van der Waals surface area contributed by atoms with E-state index in [1.807, 2.05) is 24.3 Å². The minimum absolute atomic E-state index is 0.00202. The lowest BCUT2D eigenvalue weighted by molar-refractivity contribution is -0.0624. The molecule has 0 spiro atoms. The quantitative estimate of drug-likeness (QED) is 0.256. The topological polar surface area (TPSA) is 113 Å². The third-order valence-corrected chi connectivity index (χ3v) is 9.24. The number of carbonyl (C=O) groups excluding carboxylic acids is 2. The van der Waals surface area contributed by atoms with Crippen LogP contribution >= 0.6 is 0 Å². The first kappa shape index (κ1) is 34.1. The summed E-state index contributed by atoms with van der Waals surface area (Å²) in [5.74, 6) is 1.93. The van der Waals surface area contributed by atoms with Crippen molar-refractivity contribution in [2.75, 3.05) is 14.1 Å². The van der Waals surface area contributed by atoms with E-state index in [2.05, 4.69) is 73.5 Å². The van der Waals surface area contributed by atoms with E-state index in [0.29, 0.717) is 29.5 Å². The zero-order valence-electron chi connectivity index (χ0n) is 28.9. The summed E-state index contributed by atoms with van der Waals surface area (Å²) in [5.41, 5.74) is 2.04. The van der Waals surface area contributed by atoms with Gasteiger partial charge in [-0.1, -0.05) is 86.6 Å².